The van der Waals surface area contributed by atoms with E-state index in [9.17, 15) is 10.1 Å². The second-order valence-corrected chi connectivity index (χ2v) is 5.15. The molecule has 0 amide bonds. The van der Waals surface area contributed by atoms with E-state index in [1.54, 1.807) is 19.2 Å². The molecule has 0 bridgehead atoms. The van der Waals surface area contributed by atoms with Gasteiger partial charge in [0.15, 0.2) is 0 Å². The van der Waals surface area contributed by atoms with Crippen LogP contribution in [0.2, 0.25) is 0 Å². The second kappa shape index (κ2) is 6.36. The maximum Gasteiger partial charge on any atom is 0.273 e. The number of ether oxygens (including phenoxy) is 1. The first-order valence-corrected chi connectivity index (χ1v) is 6.12. The Balaban J connectivity index is 2.90. The zero-order valence-corrected chi connectivity index (χ0v) is 11.6. The molecule has 6 heteroatoms. The lowest BCUT2D eigenvalue weighted by atomic mass is 10.1. The Morgan fingerprint density at radius 3 is 2.88 bits per heavy atom. The highest BCUT2D eigenvalue weighted by atomic mass is 127. The molecule has 88 valence electrons. The SMILES string of the molecule is COCC(Cl)Cc1ccc(I)cc1[N+](=O)[O-]. The molecule has 0 fully saturated rings. The van der Waals surface area contributed by atoms with Crippen LogP contribution < -0.4 is 0 Å². The maximum atomic E-state index is 10.8. The standard InChI is InChI=1S/C10H11ClINO3/c1-16-6-8(11)4-7-2-3-9(12)5-10(7)13(14)15/h2-3,5,8H,4,6H2,1H3. The van der Waals surface area contributed by atoms with Crippen LogP contribution in [0.25, 0.3) is 0 Å². The summed E-state index contributed by atoms with van der Waals surface area (Å²) in [7, 11) is 1.55. The van der Waals surface area contributed by atoms with Crippen molar-refractivity contribution in [3.05, 3.63) is 37.4 Å². The van der Waals surface area contributed by atoms with Crippen molar-refractivity contribution < 1.29 is 9.66 Å². The molecule has 1 aromatic rings. The molecule has 1 atom stereocenters. The number of hydrogen-bond donors (Lipinski definition) is 0. The predicted octanol–water partition coefficient (Wildman–Crippen LogP) is 3.00. The van der Waals surface area contributed by atoms with E-state index in [2.05, 4.69) is 0 Å². The number of methoxy groups -OCH3 is 1. The van der Waals surface area contributed by atoms with Crippen molar-refractivity contribution in [2.24, 2.45) is 0 Å². The van der Waals surface area contributed by atoms with Gasteiger partial charge in [0, 0.05) is 22.3 Å². The highest BCUT2D eigenvalue weighted by Crippen LogP contribution is 2.23. The summed E-state index contributed by atoms with van der Waals surface area (Å²) < 4.78 is 5.74. The molecule has 0 aliphatic carbocycles. The molecular weight excluding hydrogens is 344 g/mol. The monoisotopic (exact) mass is 355 g/mol. The molecule has 0 saturated carbocycles. The fraction of sp³-hybridized carbons (Fsp3) is 0.400. The van der Waals surface area contributed by atoms with E-state index in [1.165, 1.54) is 0 Å². The number of nitrogens with zero attached hydrogens (tertiary/aromatic N) is 1. The van der Waals surface area contributed by atoms with Gasteiger partial charge in [-0.25, -0.2) is 0 Å². The molecule has 0 aliphatic rings. The van der Waals surface area contributed by atoms with Crippen LogP contribution in [0, 0.1) is 13.7 Å². The summed E-state index contributed by atoms with van der Waals surface area (Å²) in [6.45, 7) is 0.380. The molecule has 16 heavy (non-hydrogen) atoms. The van der Waals surface area contributed by atoms with Gasteiger partial charge in [-0.05, 0) is 35.1 Å². The first-order chi connectivity index (χ1) is 7.54. The maximum absolute atomic E-state index is 10.8. The third kappa shape index (κ3) is 3.88. The number of alkyl halides is 1. The molecule has 0 radical (unpaired) electrons. The topological polar surface area (TPSA) is 52.4 Å². The number of rotatable bonds is 5. The summed E-state index contributed by atoms with van der Waals surface area (Å²) in [6, 6.07) is 5.12. The van der Waals surface area contributed by atoms with Gasteiger partial charge in [0.25, 0.3) is 5.69 Å². The zero-order valence-electron chi connectivity index (χ0n) is 8.65. The Bertz CT molecular complexity index is 386. The van der Waals surface area contributed by atoms with E-state index < -0.39 is 0 Å². The highest BCUT2D eigenvalue weighted by molar-refractivity contribution is 14.1. The summed E-state index contributed by atoms with van der Waals surface area (Å²) in [5.74, 6) is 0. The van der Waals surface area contributed by atoms with Gasteiger partial charge in [-0.1, -0.05) is 6.07 Å². The van der Waals surface area contributed by atoms with Crippen LogP contribution in [-0.2, 0) is 11.2 Å². The average Bonchev–Trinajstić information content (AvgIpc) is 2.20. The summed E-state index contributed by atoms with van der Waals surface area (Å²) in [5, 5.41) is 10.6. The molecule has 0 saturated heterocycles. The van der Waals surface area contributed by atoms with Crippen LogP contribution in [-0.4, -0.2) is 24.0 Å². The van der Waals surface area contributed by atoms with Crippen LogP contribution in [0.1, 0.15) is 5.56 Å². The van der Waals surface area contributed by atoms with Crippen molar-refractivity contribution >= 4 is 39.9 Å². The van der Waals surface area contributed by atoms with Crippen molar-refractivity contribution in [1.82, 2.24) is 0 Å². The van der Waals surface area contributed by atoms with Crippen LogP contribution in [0.4, 0.5) is 5.69 Å². The molecule has 1 unspecified atom stereocenters. The van der Waals surface area contributed by atoms with Gasteiger partial charge in [-0.3, -0.25) is 10.1 Å². The van der Waals surface area contributed by atoms with Gasteiger partial charge in [0.2, 0.25) is 0 Å². The van der Waals surface area contributed by atoms with Crippen molar-refractivity contribution in [3.63, 3.8) is 0 Å². The number of hydrogen-bond acceptors (Lipinski definition) is 3. The molecule has 0 heterocycles. The lowest BCUT2D eigenvalue weighted by Gasteiger charge is -2.08. The van der Waals surface area contributed by atoms with E-state index in [0.29, 0.717) is 18.6 Å². The molecule has 0 N–H and O–H groups in total. The lowest BCUT2D eigenvalue weighted by molar-refractivity contribution is -0.385. The number of nitro groups is 1. The molecule has 1 rings (SSSR count). The smallest absolute Gasteiger partial charge is 0.273 e. The minimum absolute atomic E-state index is 0.119. The molecular formula is C10H11ClINO3. The van der Waals surface area contributed by atoms with Crippen molar-refractivity contribution in [2.45, 2.75) is 11.8 Å². The molecule has 0 spiro atoms. The Morgan fingerprint density at radius 1 is 1.62 bits per heavy atom. The largest absolute Gasteiger partial charge is 0.383 e. The molecule has 1 aromatic carbocycles. The minimum atomic E-state index is -0.381. The molecule has 4 nitrogen and oxygen atoms in total. The van der Waals surface area contributed by atoms with E-state index in [4.69, 9.17) is 16.3 Å². The highest BCUT2D eigenvalue weighted by Gasteiger charge is 2.17. The quantitative estimate of drug-likeness (QED) is 0.353. The minimum Gasteiger partial charge on any atom is -0.383 e. The van der Waals surface area contributed by atoms with Crippen LogP contribution in [0.15, 0.2) is 18.2 Å². The van der Waals surface area contributed by atoms with Gasteiger partial charge in [-0.15, -0.1) is 11.6 Å². The van der Waals surface area contributed by atoms with Crippen molar-refractivity contribution in [2.75, 3.05) is 13.7 Å². The Hall–Kier alpha value is -0.400. The van der Waals surface area contributed by atoms with Gasteiger partial charge in [0.1, 0.15) is 0 Å². The Kier molecular flexibility index (Phi) is 5.43. The van der Waals surface area contributed by atoms with Crippen LogP contribution in [0.3, 0.4) is 0 Å². The first kappa shape index (κ1) is 13.7. The summed E-state index contributed by atoms with van der Waals surface area (Å²) >= 11 is 8.03. The fourth-order valence-electron chi connectivity index (χ4n) is 1.36. The average molecular weight is 356 g/mol. The zero-order chi connectivity index (χ0) is 12.1. The van der Waals surface area contributed by atoms with E-state index in [-0.39, 0.29) is 16.0 Å². The fourth-order valence-corrected chi connectivity index (χ4v) is 2.12. The van der Waals surface area contributed by atoms with Crippen LogP contribution in [0.5, 0.6) is 0 Å². The second-order valence-electron chi connectivity index (χ2n) is 3.29. The van der Waals surface area contributed by atoms with Gasteiger partial charge < -0.3 is 4.74 Å². The van der Waals surface area contributed by atoms with Crippen molar-refractivity contribution in [3.8, 4) is 0 Å². The Morgan fingerprint density at radius 2 is 2.31 bits per heavy atom. The van der Waals surface area contributed by atoms with E-state index in [1.807, 2.05) is 28.7 Å². The van der Waals surface area contributed by atoms with E-state index in [0.717, 1.165) is 3.57 Å². The predicted molar refractivity (Wildman–Crippen MR) is 71.0 cm³/mol. The summed E-state index contributed by atoms with van der Waals surface area (Å²) in [5.41, 5.74) is 0.760. The van der Waals surface area contributed by atoms with Gasteiger partial charge in [-0.2, -0.15) is 0 Å². The van der Waals surface area contributed by atoms with Crippen LogP contribution >= 0.6 is 34.2 Å². The number of nitro benzene ring substituents is 1. The third-order valence-corrected chi connectivity index (χ3v) is 2.98. The normalized spacial score (nSPS) is 12.4. The third-order valence-electron chi connectivity index (χ3n) is 2.03. The molecule has 0 aliphatic heterocycles. The number of benzene rings is 1. The summed E-state index contributed by atoms with van der Waals surface area (Å²) in [4.78, 5) is 10.5. The lowest BCUT2D eigenvalue weighted by Crippen LogP contribution is -2.11. The Labute approximate surface area is 112 Å². The first-order valence-electron chi connectivity index (χ1n) is 4.60. The van der Waals surface area contributed by atoms with Gasteiger partial charge >= 0.3 is 0 Å². The number of halogens is 2. The van der Waals surface area contributed by atoms with Gasteiger partial charge in [0.05, 0.1) is 16.9 Å². The van der Waals surface area contributed by atoms with E-state index >= 15 is 0 Å². The van der Waals surface area contributed by atoms with Crippen molar-refractivity contribution in [1.29, 1.82) is 0 Å². The molecule has 0 aromatic heterocycles. The summed E-state index contributed by atoms with van der Waals surface area (Å²) in [6.07, 6.45) is 0.433.